The molecule has 0 saturated carbocycles. The molecule has 2 aromatic carbocycles. The fourth-order valence-electron chi connectivity index (χ4n) is 5.56. The standard InChI is InChI=1S/C28H25Cl2NO7S/c1-15-8-10-17(11-9-15)39(36,37)38-28-18(29)12-16(13-19(28)30)25-26-20(4-2-6-22(26)32)31(14-24(34)35)21-5-3-7-23(33)27(21)25/h8-13,25H,2-7,14H2,1H3,(H,34,35). The predicted octanol–water partition coefficient (Wildman–Crippen LogP) is 5.57. The summed E-state index contributed by atoms with van der Waals surface area (Å²) in [6, 6.07) is 9.03. The van der Waals surface area contributed by atoms with E-state index >= 15 is 0 Å². The molecule has 0 radical (unpaired) electrons. The SMILES string of the molecule is Cc1ccc(S(=O)(=O)Oc2c(Cl)cc(C3C4=C(CCCC4=O)N(CC(=O)O)C4=C3C(=O)CCC4)cc2Cl)cc1. The number of allylic oxidation sites excluding steroid dienone is 4. The Morgan fingerprint density at radius 2 is 1.46 bits per heavy atom. The van der Waals surface area contributed by atoms with Gasteiger partial charge in [-0.2, -0.15) is 8.42 Å². The lowest BCUT2D eigenvalue weighted by molar-refractivity contribution is -0.138. The number of carbonyl (C=O) groups is 3. The molecule has 0 unspecified atom stereocenters. The number of hydrogen-bond acceptors (Lipinski definition) is 7. The van der Waals surface area contributed by atoms with Crippen LogP contribution in [-0.2, 0) is 24.5 Å². The molecule has 1 N–H and O–H groups in total. The summed E-state index contributed by atoms with van der Waals surface area (Å²) in [6.45, 7) is 1.47. The summed E-state index contributed by atoms with van der Waals surface area (Å²) in [5.74, 6) is -2.46. The van der Waals surface area contributed by atoms with Crippen molar-refractivity contribution in [3.63, 3.8) is 0 Å². The summed E-state index contributed by atoms with van der Waals surface area (Å²) in [7, 11) is -4.25. The molecule has 0 fully saturated rings. The van der Waals surface area contributed by atoms with E-state index < -0.39 is 22.0 Å². The number of benzene rings is 2. The molecule has 1 aliphatic heterocycles. The van der Waals surface area contributed by atoms with Crippen LogP contribution in [0.25, 0.3) is 0 Å². The van der Waals surface area contributed by atoms with Crippen molar-refractivity contribution in [1.29, 1.82) is 0 Å². The molecule has 0 amide bonds. The van der Waals surface area contributed by atoms with Crippen molar-refractivity contribution in [2.45, 2.75) is 56.3 Å². The van der Waals surface area contributed by atoms with Gasteiger partial charge in [0.05, 0.1) is 10.0 Å². The topological polar surface area (TPSA) is 118 Å². The molecular weight excluding hydrogens is 565 g/mol. The molecule has 39 heavy (non-hydrogen) atoms. The number of hydrogen-bond donors (Lipinski definition) is 1. The summed E-state index contributed by atoms with van der Waals surface area (Å²) in [5.41, 5.74) is 3.24. The lowest BCUT2D eigenvalue weighted by atomic mass is 9.71. The maximum Gasteiger partial charge on any atom is 0.339 e. The van der Waals surface area contributed by atoms with Gasteiger partial charge >= 0.3 is 16.1 Å². The van der Waals surface area contributed by atoms with Gasteiger partial charge in [0.15, 0.2) is 17.3 Å². The van der Waals surface area contributed by atoms with E-state index in [1.165, 1.54) is 24.3 Å². The van der Waals surface area contributed by atoms with Crippen molar-refractivity contribution in [2.75, 3.05) is 6.54 Å². The lowest BCUT2D eigenvalue weighted by Crippen LogP contribution is -2.41. The second-order valence-electron chi connectivity index (χ2n) is 9.85. The molecule has 3 aliphatic rings. The van der Waals surface area contributed by atoms with E-state index in [0.717, 1.165) is 5.56 Å². The van der Waals surface area contributed by atoms with Crippen LogP contribution in [0.2, 0.25) is 10.0 Å². The van der Waals surface area contributed by atoms with Crippen molar-refractivity contribution < 1.29 is 32.1 Å². The Hall–Kier alpha value is -3.14. The molecule has 2 aromatic rings. The van der Waals surface area contributed by atoms with Crippen LogP contribution in [0.5, 0.6) is 5.75 Å². The number of aryl methyl sites for hydroxylation is 1. The molecule has 0 spiro atoms. The highest BCUT2D eigenvalue weighted by Gasteiger charge is 2.44. The molecule has 2 aliphatic carbocycles. The number of halogens is 2. The van der Waals surface area contributed by atoms with Crippen LogP contribution in [-0.4, -0.2) is 42.5 Å². The largest absolute Gasteiger partial charge is 0.480 e. The number of aliphatic carboxylic acids is 1. The number of nitrogens with zero attached hydrogens (tertiary/aromatic N) is 1. The smallest absolute Gasteiger partial charge is 0.339 e. The number of carboxylic acid groups (broad SMARTS) is 1. The normalized spacial score (nSPS) is 18.3. The Kier molecular flexibility index (Phi) is 7.35. The van der Waals surface area contributed by atoms with Crippen molar-refractivity contribution in [1.82, 2.24) is 4.90 Å². The minimum atomic E-state index is -4.25. The van der Waals surface area contributed by atoms with Crippen molar-refractivity contribution in [2.24, 2.45) is 0 Å². The van der Waals surface area contributed by atoms with Crippen molar-refractivity contribution in [3.8, 4) is 5.75 Å². The van der Waals surface area contributed by atoms with Gasteiger partial charge in [-0.05, 0) is 62.4 Å². The molecule has 1 heterocycles. The number of ketones is 2. The quantitative estimate of drug-likeness (QED) is 0.434. The molecule has 11 heteroatoms. The highest BCUT2D eigenvalue weighted by Crippen LogP contribution is 2.50. The minimum absolute atomic E-state index is 0.0692. The monoisotopic (exact) mass is 589 g/mol. The first-order valence-corrected chi connectivity index (χ1v) is 14.7. The summed E-state index contributed by atoms with van der Waals surface area (Å²) >= 11 is 13.1. The van der Waals surface area contributed by atoms with Crippen LogP contribution in [0.3, 0.4) is 0 Å². The number of carboxylic acids is 1. The van der Waals surface area contributed by atoms with Gasteiger partial charge in [-0.1, -0.05) is 40.9 Å². The third kappa shape index (κ3) is 5.11. The second-order valence-corrected chi connectivity index (χ2v) is 12.2. The van der Waals surface area contributed by atoms with Gasteiger partial charge in [0.25, 0.3) is 0 Å². The van der Waals surface area contributed by atoms with Gasteiger partial charge in [-0.25, -0.2) is 0 Å². The van der Waals surface area contributed by atoms with Crippen LogP contribution in [0.1, 0.15) is 55.6 Å². The van der Waals surface area contributed by atoms with E-state index in [-0.39, 0.29) is 51.6 Å². The molecule has 0 saturated heterocycles. The van der Waals surface area contributed by atoms with Gasteiger partial charge in [-0.3, -0.25) is 14.4 Å². The van der Waals surface area contributed by atoms with Crippen LogP contribution in [0.15, 0.2) is 63.8 Å². The molecule has 8 nitrogen and oxygen atoms in total. The Bertz CT molecular complexity index is 1510. The molecule has 0 aromatic heterocycles. The maximum atomic E-state index is 13.3. The van der Waals surface area contributed by atoms with Crippen LogP contribution < -0.4 is 4.18 Å². The molecule has 204 valence electrons. The third-order valence-corrected chi connectivity index (χ3v) is 9.03. The minimum Gasteiger partial charge on any atom is -0.480 e. The zero-order valence-electron chi connectivity index (χ0n) is 21.0. The molecule has 0 atom stereocenters. The number of carbonyl (C=O) groups excluding carboxylic acids is 2. The zero-order valence-corrected chi connectivity index (χ0v) is 23.3. The van der Waals surface area contributed by atoms with Crippen molar-refractivity contribution >= 4 is 50.9 Å². The van der Waals surface area contributed by atoms with E-state index in [0.29, 0.717) is 53.8 Å². The van der Waals surface area contributed by atoms with E-state index in [4.69, 9.17) is 27.4 Å². The first kappa shape index (κ1) is 27.4. The van der Waals surface area contributed by atoms with Crippen LogP contribution in [0, 0.1) is 6.92 Å². The molecule has 5 rings (SSSR count). The van der Waals surface area contributed by atoms with Gasteiger partial charge < -0.3 is 14.2 Å². The fraction of sp³-hybridized carbons (Fsp3) is 0.321. The van der Waals surface area contributed by atoms with E-state index in [2.05, 4.69) is 0 Å². The Morgan fingerprint density at radius 1 is 0.949 bits per heavy atom. The first-order valence-electron chi connectivity index (χ1n) is 12.5. The van der Waals surface area contributed by atoms with E-state index in [9.17, 15) is 27.9 Å². The highest BCUT2D eigenvalue weighted by atomic mass is 35.5. The predicted molar refractivity (Wildman–Crippen MR) is 144 cm³/mol. The Balaban J connectivity index is 1.62. The number of rotatable bonds is 6. The summed E-state index contributed by atoms with van der Waals surface area (Å²) in [5, 5.41) is 9.40. The second kappa shape index (κ2) is 10.4. The highest BCUT2D eigenvalue weighted by molar-refractivity contribution is 7.87. The third-order valence-electron chi connectivity index (χ3n) is 7.24. The fourth-order valence-corrected chi connectivity index (χ4v) is 7.20. The Morgan fingerprint density at radius 3 is 1.95 bits per heavy atom. The average molecular weight is 590 g/mol. The lowest BCUT2D eigenvalue weighted by Gasteiger charge is -2.43. The van der Waals surface area contributed by atoms with Gasteiger partial charge in [0.1, 0.15) is 11.4 Å². The van der Waals surface area contributed by atoms with Crippen molar-refractivity contribution in [3.05, 3.63) is 80.1 Å². The zero-order chi connectivity index (χ0) is 28.1. The summed E-state index contributed by atoms with van der Waals surface area (Å²) < 4.78 is 31.1. The van der Waals surface area contributed by atoms with Crippen LogP contribution >= 0.6 is 23.2 Å². The Labute approximate surface area is 236 Å². The van der Waals surface area contributed by atoms with Gasteiger partial charge in [0, 0.05) is 41.3 Å². The number of Topliss-reactive ketones (excluding diaryl/α,β-unsaturated/α-hetero) is 2. The van der Waals surface area contributed by atoms with Gasteiger partial charge in [0.2, 0.25) is 0 Å². The van der Waals surface area contributed by atoms with E-state index in [1.807, 2.05) is 6.92 Å². The summed E-state index contributed by atoms with van der Waals surface area (Å²) in [4.78, 5) is 39.9. The molecule has 0 bridgehead atoms. The van der Waals surface area contributed by atoms with Crippen LogP contribution in [0.4, 0.5) is 0 Å². The summed E-state index contributed by atoms with van der Waals surface area (Å²) in [6.07, 6.45) is 2.67. The molecular formula is C28H25Cl2NO7S. The maximum absolute atomic E-state index is 13.3. The average Bonchev–Trinajstić information content (AvgIpc) is 2.87. The first-order chi connectivity index (χ1) is 18.5. The van der Waals surface area contributed by atoms with E-state index in [1.54, 1.807) is 17.0 Å². The van der Waals surface area contributed by atoms with Gasteiger partial charge in [-0.15, -0.1) is 0 Å².